The molecule has 4 rings (SSSR count). The van der Waals surface area contributed by atoms with Crippen LogP contribution in [0.5, 0.6) is 0 Å². The molecule has 0 radical (unpaired) electrons. The number of rotatable bonds is 6. The molecule has 162 valence electrons. The number of aromatic nitrogens is 2. The van der Waals surface area contributed by atoms with E-state index < -0.39 is 17.2 Å². The van der Waals surface area contributed by atoms with Gasteiger partial charge >= 0.3 is 6.09 Å². The molecule has 0 atom stereocenters. The van der Waals surface area contributed by atoms with Gasteiger partial charge in [0.1, 0.15) is 18.0 Å². The summed E-state index contributed by atoms with van der Waals surface area (Å²) in [7, 11) is 0. The molecule has 7 nitrogen and oxygen atoms in total. The van der Waals surface area contributed by atoms with Crippen molar-refractivity contribution in [2.24, 2.45) is 0 Å². The van der Waals surface area contributed by atoms with Gasteiger partial charge in [-0.3, -0.25) is 4.79 Å². The zero-order chi connectivity index (χ0) is 21.4. The number of alkyl carbamates (subject to hydrolysis) is 1. The van der Waals surface area contributed by atoms with Gasteiger partial charge in [0.05, 0.1) is 16.6 Å². The molecule has 7 heteroatoms. The first-order chi connectivity index (χ1) is 14.2. The van der Waals surface area contributed by atoms with E-state index in [0.29, 0.717) is 12.5 Å². The number of amides is 2. The van der Waals surface area contributed by atoms with E-state index in [1.54, 1.807) is 0 Å². The average molecular weight is 413 g/mol. The fourth-order valence-corrected chi connectivity index (χ4v) is 4.35. The Kier molecular flexibility index (Phi) is 5.47. The summed E-state index contributed by atoms with van der Waals surface area (Å²) in [5, 5.41) is 6.10. The highest BCUT2D eigenvalue weighted by Crippen LogP contribution is 2.40. The summed E-state index contributed by atoms with van der Waals surface area (Å²) in [5.41, 5.74) is 0.985. The third-order valence-corrected chi connectivity index (χ3v) is 5.86. The number of nitrogens with one attached hydrogen (secondary N) is 2. The second kappa shape index (κ2) is 7.93. The van der Waals surface area contributed by atoms with Gasteiger partial charge in [-0.15, -0.1) is 0 Å². The number of benzene rings is 1. The number of hydrogen-bond donors (Lipinski definition) is 2. The van der Waals surface area contributed by atoms with Crippen LogP contribution in [0.2, 0.25) is 0 Å². The van der Waals surface area contributed by atoms with Crippen LogP contribution in [-0.4, -0.2) is 39.2 Å². The van der Waals surface area contributed by atoms with Gasteiger partial charge in [-0.2, -0.15) is 0 Å². The molecular formula is C23H32N4O3. The molecule has 2 aliphatic carbocycles. The molecule has 2 amide bonds. The van der Waals surface area contributed by atoms with E-state index in [4.69, 9.17) is 9.72 Å². The fraction of sp³-hybridized carbons (Fsp3) is 0.609. The molecule has 2 N–H and O–H groups in total. The SMILES string of the molecule is CC(C)(C)OC(=O)NCC1(NC(=O)Cn2c(C3CC3)nc3ccccc32)CCCC1. The van der Waals surface area contributed by atoms with Gasteiger partial charge in [-0.25, -0.2) is 9.78 Å². The molecule has 2 aliphatic rings. The Labute approximate surface area is 177 Å². The van der Waals surface area contributed by atoms with Crippen molar-refractivity contribution >= 4 is 23.0 Å². The minimum Gasteiger partial charge on any atom is -0.444 e. The summed E-state index contributed by atoms with van der Waals surface area (Å²) < 4.78 is 7.42. The predicted molar refractivity (Wildman–Crippen MR) is 115 cm³/mol. The highest BCUT2D eigenvalue weighted by molar-refractivity contribution is 5.82. The minimum absolute atomic E-state index is 0.0343. The molecule has 2 saturated carbocycles. The predicted octanol–water partition coefficient (Wildman–Crippen LogP) is 3.87. The van der Waals surface area contributed by atoms with Crippen LogP contribution in [0.3, 0.4) is 0 Å². The Bertz CT molecular complexity index is 934. The zero-order valence-corrected chi connectivity index (χ0v) is 18.2. The molecule has 0 aliphatic heterocycles. The van der Waals surface area contributed by atoms with Crippen molar-refractivity contribution in [2.45, 2.75) is 82.9 Å². The highest BCUT2D eigenvalue weighted by atomic mass is 16.6. The summed E-state index contributed by atoms with van der Waals surface area (Å²) in [5.74, 6) is 1.44. The second-order valence-corrected chi connectivity index (χ2v) is 9.71. The molecule has 2 aromatic rings. The fourth-order valence-electron chi connectivity index (χ4n) is 4.35. The van der Waals surface area contributed by atoms with Crippen molar-refractivity contribution in [2.75, 3.05) is 6.54 Å². The second-order valence-electron chi connectivity index (χ2n) is 9.71. The number of imidazole rings is 1. The Balaban J connectivity index is 1.45. The van der Waals surface area contributed by atoms with E-state index >= 15 is 0 Å². The van der Waals surface area contributed by atoms with E-state index in [2.05, 4.69) is 15.2 Å². The maximum Gasteiger partial charge on any atom is 0.407 e. The van der Waals surface area contributed by atoms with Crippen LogP contribution < -0.4 is 10.6 Å². The standard InChI is InChI=1S/C23H32N4O3/c1-22(2,3)30-21(29)24-15-23(12-6-7-13-23)26-19(28)14-27-18-9-5-4-8-17(18)25-20(27)16-10-11-16/h4-5,8-9,16H,6-7,10-15H2,1-3H3,(H,24,29)(H,26,28). The smallest absolute Gasteiger partial charge is 0.407 e. The van der Waals surface area contributed by atoms with Crippen LogP contribution in [0.15, 0.2) is 24.3 Å². The molecule has 1 aromatic heterocycles. The Hall–Kier alpha value is -2.57. The maximum atomic E-state index is 13.1. The van der Waals surface area contributed by atoms with Crippen LogP contribution in [0, 0.1) is 0 Å². The molecule has 1 aromatic carbocycles. The Morgan fingerprint density at radius 1 is 1.20 bits per heavy atom. The summed E-state index contributed by atoms with van der Waals surface area (Å²) in [4.78, 5) is 30.0. The largest absolute Gasteiger partial charge is 0.444 e. The molecule has 30 heavy (non-hydrogen) atoms. The zero-order valence-electron chi connectivity index (χ0n) is 18.2. The number of hydrogen-bond acceptors (Lipinski definition) is 4. The lowest BCUT2D eigenvalue weighted by molar-refractivity contribution is -0.123. The number of carbonyl (C=O) groups is 2. The summed E-state index contributed by atoms with van der Waals surface area (Å²) in [6, 6.07) is 7.99. The Morgan fingerprint density at radius 2 is 1.90 bits per heavy atom. The van der Waals surface area contributed by atoms with Crippen LogP contribution >= 0.6 is 0 Å². The van der Waals surface area contributed by atoms with E-state index in [0.717, 1.165) is 55.4 Å². The third kappa shape index (κ3) is 4.77. The van der Waals surface area contributed by atoms with Gasteiger partial charge in [-0.05, 0) is 58.6 Å². The first-order valence-corrected chi connectivity index (χ1v) is 11.0. The van der Waals surface area contributed by atoms with Crippen molar-refractivity contribution in [1.82, 2.24) is 20.2 Å². The molecule has 0 bridgehead atoms. The van der Waals surface area contributed by atoms with Gasteiger partial charge in [0.2, 0.25) is 5.91 Å². The van der Waals surface area contributed by atoms with Gasteiger partial charge in [0, 0.05) is 12.5 Å². The monoisotopic (exact) mass is 412 g/mol. The summed E-state index contributed by atoms with van der Waals surface area (Å²) in [6.07, 6.45) is 5.61. The molecule has 0 saturated heterocycles. The van der Waals surface area contributed by atoms with Crippen LogP contribution in [0.1, 0.15) is 71.0 Å². The number of ether oxygens (including phenoxy) is 1. The van der Waals surface area contributed by atoms with Crippen molar-refractivity contribution < 1.29 is 14.3 Å². The van der Waals surface area contributed by atoms with Crippen molar-refractivity contribution in [3.63, 3.8) is 0 Å². The molecular weight excluding hydrogens is 380 g/mol. The molecule has 0 unspecified atom stereocenters. The van der Waals surface area contributed by atoms with Crippen LogP contribution in [0.25, 0.3) is 11.0 Å². The first kappa shape index (κ1) is 20.7. The van der Waals surface area contributed by atoms with E-state index in [1.807, 2.05) is 45.0 Å². The van der Waals surface area contributed by atoms with Crippen LogP contribution in [-0.2, 0) is 16.1 Å². The van der Waals surface area contributed by atoms with E-state index in [9.17, 15) is 9.59 Å². The molecule has 2 fully saturated rings. The van der Waals surface area contributed by atoms with Crippen molar-refractivity contribution in [3.8, 4) is 0 Å². The maximum absolute atomic E-state index is 13.1. The van der Waals surface area contributed by atoms with Gasteiger partial charge in [0.15, 0.2) is 0 Å². The number of carbonyl (C=O) groups excluding carboxylic acids is 2. The number of fused-ring (bicyclic) bond motifs is 1. The molecule has 0 spiro atoms. The van der Waals surface area contributed by atoms with Crippen LogP contribution in [0.4, 0.5) is 4.79 Å². The summed E-state index contributed by atoms with van der Waals surface area (Å²) >= 11 is 0. The number of para-hydroxylation sites is 2. The highest BCUT2D eigenvalue weighted by Gasteiger charge is 2.37. The van der Waals surface area contributed by atoms with Gasteiger partial charge < -0.3 is 19.9 Å². The number of nitrogens with zero attached hydrogens (tertiary/aromatic N) is 2. The minimum atomic E-state index is -0.544. The quantitative estimate of drug-likeness (QED) is 0.754. The topological polar surface area (TPSA) is 85.3 Å². The van der Waals surface area contributed by atoms with E-state index in [-0.39, 0.29) is 12.5 Å². The van der Waals surface area contributed by atoms with Crippen molar-refractivity contribution in [3.05, 3.63) is 30.1 Å². The van der Waals surface area contributed by atoms with Gasteiger partial charge in [-0.1, -0.05) is 25.0 Å². The first-order valence-electron chi connectivity index (χ1n) is 11.0. The summed E-state index contributed by atoms with van der Waals surface area (Å²) in [6.45, 7) is 6.15. The lowest BCUT2D eigenvalue weighted by Gasteiger charge is -2.31. The van der Waals surface area contributed by atoms with Gasteiger partial charge in [0.25, 0.3) is 0 Å². The Morgan fingerprint density at radius 3 is 2.57 bits per heavy atom. The lowest BCUT2D eigenvalue weighted by Crippen LogP contribution is -2.55. The average Bonchev–Trinajstić information content (AvgIpc) is 3.31. The lowest BCUT2D eigenvalue weighted by atomic mass is 9.97. The normalized spacial score (nSPS) is 18.4. The molecule has 1 heterocycles. The third-order valence-electron chi connectivity index (χ3n) is 5.86. The van der Waals surface area contributed by atoms with E-state index in [1.165, 1.54) is 0 Å². The van der Waals surface area contributed by atoms with Crippen molar-refractivity contribution in [1.29, 1.82) is 0 Å².